The molecule has 0 saturated carbocycles. The number of amides is 1. The zero-order valence-electron chi connectivity index (χ0n) is 16.1. The minimum atomic E-state index is -0.155. The van der Waals surface area contributed by atoms with E-state index in [1.807, 2.05) is 23.1 Å². The van der Waals surface area contributed by atoms with Crippen LogP contribution in [0.15, 0.2) is 29.1 Å². The van der Waals surface area contributed by atoms with Gasteiger partial charge in [0.25, 0.3) is 5.56 Å². The van der Waals surface area contributed by atoms with Gasteiger partial charge in [-0.15, -0.1) is 0 Å². The number of aromatic amines is 1. The van der Waals surface area contributed by atoms with Crippen molar-refractivity contribution in [1.82, 2.24) is 14.9 Å². The summed E-state index contributed by atoms with van der Waals surface area (Å²) in [5, 5.41) is 0.572. The summed E-state index contributed by atoms with van der Waals surface area (Å²) >= 11 is 0. The Morgan fingerprint density at radius 1 is 1.25 bits per heavy atom. The molecule has 1 aromatic heterocycles. The maximum absolute atomic E-state index is 12.5. The lowest BCUT2D eigenvalue weighted by molar-refractivity contribution is -0.134. The predicted molar refractivity (Wildman–Crippen MR) is 105 cm³/mol. The number of ether oxygens (including phenoxy) is 2. The van der Waals surface area contributed by atoms with E-state index in [0.717, 1.165) is 45.4 Å². The van der Waals surface area contributed by atoms with Crippen molar-refractivity contribution in [1.29, 1.82) is 0 Å². The molecule has 3 heterocycles. The van der Waals surface area contributed by atoms with Gasteiger partial charge in [0.15, 0.2) is 0 Å². The van der Waals surface area contributed by atoms with Crippen molar-refractivity contribution in [3.63, 3.8) is 0 Å². The molecular weight excluding hydrogens is 358 g/mol. The number of para-hydroxylation sites is 1. The Hall–Kier alpha value is -2.25. The highest BCUT2D eigenvalue weighted by molar-refractivity contribution is 5.78. The summed E-state index contributed by atoms with van der Waals surface area (Å²) in [6, 6.07) is 7.24. The lowest BCUT2D eigenvalue weighted by atomic mass is 10.1. The Balaban J connectivity index is 1.24. The highest BCUT2D eigenvalue weighted by Crippen LogP contribution is 2.18. The molecule has 2 saturated heterocycles. The van der Waals surface area contributed by atoms with E-state index in [1.54, 1.807) is 6.07 Å². The van der Waals surface area contributed by atoms with Crippen LogP contribution < -0.4 is 5.56 Å². The number of piperidine rings is 1. The van der Waals surface area contributed by atoms with Crippen molar-refractivity contribution in [2.45, 2.75) is 50.7 Å². The average molecular weight is 385 g/mol. The first-order valence-corrected chi connectivity index (χ1v) is 10.2. The number of nitrogens with zero attached hydrogens (tertiary/aromatic N) is 2. The fraction of sp³-hybridized carbons (Fsp3) is 0.571. The minimum absolute atomic E-state index is 0.105. The second-order valence-electron chi connectivity index (χ2n) is 7.58. The van der Waals surface area contributed by atoms with Crippen molar-refractivity contribution in [2.75, 3.05) is 26.3 Å². The molecule has 4 rings (SSSR count). The third-order valence-corrected chi connectivity index (χ3v) is 5.57. The van der Waals surface area contributed by atoms with Gasteiger partial charge >= 0.3 is 0 Å². The molecule has 2 aromatic rings. The van der Waals surface area contributed by atoms with Gasteiger partial charge in [-0.1, -0.05) is 12.1 Å². The van der Waals surface area contributed by atoms with E-state index in [4.69, 9.17) is 9.47 Å². The van der Waals surface area contributed by atoms with Gasteiger partial charge in [-0.25, -0.2) is 4.98 Å². The number of aryl methyl sites for hydroxylation is 1. The molecule has 0 spiro atoms. The molecule has 0 bridgehead atoms. The number of fused-ring (bicyclic) bond motifs is 1. The number of aromatic nitrogens is 2. The molecule has 1 N–H and O–H groups in total. The van der Waals surface area contributed by atoms with Crippen LogP contribution in [-0.2, 0) is 20.7 Å². The van der Waals surface area contributed by atoms with Crippen LogP contribution in [0.2, 0.25) is 0 Å². The molecule has 7 heteroatoms. The van der Waals surface area contributed by atoms with Gasteiger partial charge in [0.05, 0.1) is 29.7 Å². The van der Waals surface area contributed by atoms with Crippen LogP contribution >= 0.6 is 0 Å². The fourth-order valence-corrected chi connectivity index (χ4v) is 3.93. The van der Waals surface area contributed by atoms with Crippen LogP contribution in [0.25, 0.3) is 10.9 Å². The van der Waals surface area contributed by atoms with E-state index in [2.05, 4.69) is 9.97 Å². The van der Waals surface area contributed by atoms with Gasteiger partial charge < -0.3 is 19.4 Å². The van der Waals surface area contributed by atoms with Gasteiger partial charge in [-0.05, 0) is 37.8 Å². The highest BCUT2D eigenvalue weighted by atomic mass is 16.5. The molecule has 150 valence electrons. The lowest BCUT2D eigenvalue weighted by Crippen LogP contribution is -2.41. The normalized spacial score (nSPS) is 20.7. The van der Waals surface area contributed by atoms with Gasteiger partial charge in [-0.2, -0.15) is 0 Å². The minimum Gasteiger partial charge on any atom is -0.376 e. The Kier molecular flexibility index (Phi) is 6.02. The smallest absolute Gasteiger partial charge is 0.258 e. The number of likely N-dealkylation sites (tertiary alicyclic amines) is 1. The van der Waals surface area contributed by atoms with E-state index >= 15 is 0 Å². The third-order valence-electron chi connectivity index (χ3n) is 5.57. The van der Waals surface area contributed by atoms with Crippen LogP contribution in [-0.4, -0.2) is 59.3 Å². The monoisotopic (exact) mass is 385 g/mol. The summed E-state index contributed by atoms with van der Waals surface area (Å²) in [4.78, 5) is 33.8. The summed E-state index contributed by atoms with van der Waals surface area (Å²) in [7, 11) is 0. The summed E-state index contributed by atoms with van der Waals surface area (Å²) in [5.74, 6) is 0.667. The van der Waals surface area contributed by atoms with Crippen LogP contribution in [0.1, 0.15) is 37.9 Å². The van der Waals surface area contributed by atoms with Crippen LogP contribution in [0.3, 0.4) is 0 Å². The maximum atomic E-state index is 12.5. The quantitative estimate of drug-likeness (QED) is 0.823. The molecule has 0 aliphatic carbocycles. The number of carbonyl (C=O) groups is 1. The molecule has 1 atom stereocenters. The zero-order valence-corrected chi connectivity index (χ0v) is 16.1. The van der Waals surface area contributed by atoms with Crippen molar-refractivity contribution in [3.8, 4) is 0 Å². The first-order chi connectivity index (χ1) is 13.7. The number of rotatable bonds is 6. The van der Waals surface area contributed by atoms with E-state index in [1.165, 1.54) is 0 Å². The standard InChI is InChI=1S/C21H27N3O4/c25-20(8-7-19-22-18-6-2-1-5-17(18)21(26)23-19)24-11-9-15(10-12-24)28-14-16-4-3-13-27-16/h1-2,5-6,15-16H,3-4,7-14H2,(H,22,23,26). The van der Waals surface area contributed by atoms with E-state index in [-0.39, 0.29) is 23.7 Å². The highest BCUT2D eigenvalue weighted by Gasteiger charge is 2.25. The van der Waals surface area contributed by atoms with Crippen LogP contribution in [0.4, 0.5) is 0 Å². The van der Waals surface area contributed by atoms with Crippen molar-refractivity contribution >= 4 is 16.8 Å². The molecule has 2 aliphatic rings. The number of benzene rings is 1. The molecule has 1 amide bonds. The van der Waals surface area contributed by atoms with E-state index < -0.39 is 0 Å². The summed E-state index contributed by atoms with van der Waals surface area (Å²) in [6.07, 6.45) is 5.19. The molecule has 1 aromatic carbocycles. The Morgan fingerprint density at radius 2 is 2.07 bits per heavy atom. The largest absolute Gasteiger partial charge is 0.376 e. The number of H-pyrrole nitrogens is 1. The zero-order chi connectivity index (χ0) is 19.3. The second kappa shape index (κ2) is 8.84. The van der Waals surface area contributed by atoms with Crippen LogP contribution in [0, 0.1) is 0 Å². The van der Waals surface area contributed by atoms with E-state index in [9.17, 15) is 9.59 Å². The fourth-order valence-electron chi connectivity index (χ4n) is 3.93. The molecule has 7 nitrogen and oxygen atoms in total. The number of nitrogens with one attached hydrogen (secondary N) is 1. The second-order valence-corrected chi connectivity index (χ2v) is 7.58. The van der Waals surface area contributed by atoms with Crippen molar-refractivity contribution in [3.05, 3.63) is 40.4 Å². The molecular formula is C21H27N3O4. The topological polar surface area (TPSA) is 84.5 Å². The Morgan fingerprint density at radius 3 is 2.86 bits per heavy atom. The maximum Gasteiger partial charge on any atom is 0.258 e. The van der Waals surface area contributed by atoms with Gasteiger partial charge in [0, 0.05) is 32.5 Å². The molecule has 1 unspecified atom stereocenters. The van der Waals surface area contributed by atoms with Gasteiger partial charge in [0.2, 0.25) is 5.91 Å². The summed E-state index contributed by atoms with van der Waals surface area (Å²) in [6.45, 7) is 2.95. The molecule has 28 heavy (non-hydrogen) atoms. The number of hydrogen-bond acceptors (Lipinski definition) is 5. The van der Waals surface area contributed by atoms with E-state index in [0.29, 0.717) is 36.2 Å². The van der Waals surface area contributed by atoms with Gasteiger partial charge in [-0.3, -0.25) is 9.59 Å². The summed E-state index contributed by atoms with van der Waals surface area (Å²) in [5.41, 5.74) is 0.509. The Bertz CT molecular complexity index is 867. The first-order valence-electron chi connectivity index (χ1n) is 10.2. The predicted octanol–water partition coefficient (Wildman–Crippen LogP) is 2.04. The number of carbonyl (C=O) groups excluding carboxylic acids is 1. The Labute approximate surface area is 164 Å². The third kappa shape index (κ3) is 4.59. The molecule has 2 fully saturated rings. The van der Waals surface area contributed by atoms with Crippen molar-refractivity contribution < 1.29 is 14.3 Å². The lowest BCUT2D eigenvalue weighted by Gasteiger charge is -2.32. The van der Waals surface area contributed by atoms with Crippen molar-refractivity contribution in [2.24, 2.45) is 0 Å². The number of hydrogen-bond donors (Lipinski definition) is 1. The summed E-state index contributed by atoms with van der Waals surface area (Å²) < 4.78 is 11.6. The first kappa shape index (κ1) is 19.1. The molecule has 0 radical (unpaired) electrons. The average Bonchev–Trinajstić information content (AvgIpc) is 3.25. The van der Waals surface area contributed by atoms with Crippen LogP contribution in [0.5, 0.6) is 0 Å². The molecule has 2 aliphatic heterocycles. The SMILES string of the molecule is O=C(CCc1nc2ccccc2c(=O)[nH]1)N1CCC(OCC2CCCO2)CC1. The van der Waals surface area contributed by atoms with Gasteiger partial charge in [0.1, 0.15) is 5.82 Å².